The molecule has 0 aliphatic heterocycles. The summed E-state index contributed by atoms with van der Waals surface area (Å²) < 4.78 is 20.1. The van der Waals surface area contributed by atoms with Gasteiger partial charge in [0, 0.05) is 5.92 Å². The summed E-state index contributed by atoms with van der Waals surface area (Å²) in [5.74, 6) is -7.42. The molecule has 0 bridgehead atoms. The Hall–Kier alpha value is -3.68. The minimum absolute atomic E-state index is 0.0366. The normalized spacial score (nSPS) is 20.9. The zero-order chi connectivity index (χ0) is 24.9. The maximum absolute atomic E-state index is 13.4. The zero-order valence-corrected chi connectivity index (χ0v) is 19.6. The molecule has 1 saturated carbocycles. The molecular formula is C26H28O8. The number of ether oxygens (including phenoxy) is 4. The van der Waals surface area contributed by atoms with E-state index in [4.69, 9.17) is 18.9 Å². The van der Waals surface area contributed by atoms with Crippen molar-refractivity contribution in [2.45, 2.75) is 18.3 Å². The van der Waals surface area contributed by atoms with Gasteiger partial charge in [-0.15, -0.1) is 0 Å². The first-order valence-electron chi connectivity index (χ1n) is 10.8. The summed E-state index contributed by atoms with van der Waals surface area (Å²) in [7, 11) is 4.58. The van der Waals surface area contributed by atoms with E-state index < -0.39 is 53.0 Å². The summed E-state index contributed by atoms with van der Waals surface area (Å²) in [5.41, 5.74) is -0.379. The number of hydrogen-bond donors (Lipinski definition) is 0. The number of methoxy groups -OCH3 is 4. The highest BCUT2D eigenvalue weighted by molar-refractivity contribution is 6.04. The fraction of sp³-hybridized carbons (Fsp3) is 0.385. The summed E-state index contributed by atoms with van der Waals surface area (Å²) >= 11 is 0. The van der Waals surface area contributed by atoms with Gasteiger partial charge in [-0.25, -0.2) is 0 Å². The van der Waals surface area contributed by atoms with E-state index in [0.29, 0.717) is 0 Å². The van der Waals surface area contributed by atoms with Gasteiger partial charge in [-0.3, -0.25) is 19.2 Å². The molecule has 2 aromatic carbocycles. The van der Waals surface area contributed by atoms with E-state index in [1.807, 2.05) is 60.7 Å². The van der Waals surface area contributed by atoms with Gasteiger partial charge in [-0.1, -0.05) is 60.7 Å². The van der Waals surface area contributed by atoms with Crippen LogP contribution in [-0.2, 0) is 38.1 Å². The molecule has 8 heteroatoms. The van der Waals surface area contributed by atoms with Crippen LogP contribution >= 0.6 is 0 Å². The van der Waals surface area contributed by atoms with Crippen LogP contribution in [-0.4, -0.2) is 52.3 Å². The van der Waals surface area contributed by atoms with E-state index in [-0.39, 0.29) is 6.42 Å². The maximum atomic E-state index is 13.4. The van der Waals surface area contributed by atoms with Crippen LogP contribution in [0, 0.1) is 17.3 Å². The highest BCUT2D eigenvalue weighted by atomic mass is 16.6. The summed E-state index contributed by atoms with van der Waals surface area (Å²) in [5, 5.41) is 0. The molecule has 8 nitrogen and oxygen atoms in total. The van der Waals surface area contributed by atoms with Gasteiger partial charge in [0.25, 0.3) is 0 Å². The van der Waals surface area contributed by atoms with Crippen molar-refractivity contribution in [3.05, 3.63) is 71.8 Å². The van der Waals surface area contributed by atoms with E-state index in [9.17, 15) is 19.2 Å². The van der Waals surface area contributed by atoms with Crippen LogP contribution in [0.15, 0.2) is 60.7 Å². The van der Waals surface area contributed by atoms with Gasteiger partial charge < -0.3 is 18.9 Å². The van der Waals surface area contributed by atoms with Gasteiger partial charge in [0.1, 0.15) is 0 Å². The first-order chi connectivity index (χ1) is 16.4. The lowest BCUT2D eigenvalue weighted by Gasteiger charge is -2.35. The summed E-state index contributed by atoms with van der Waals surface area (Å²) in [6.07, 6.45) is -0.0366. The van der Waals surface area contributed by atoms with Crippen LogP contribution < -0.4 is 0 Å². The monoisotopic (exact) mass is 468 g/mol. The molecule has 3 atom stereocenters. The average Bonchev–Trinajstić information content (AvgIpc) is 3.25. The molecule has 1 aliphatic rings. The second-order valence-electron chi connectivity index (χ2n) is 8.16. The highest BCUT2D eigenvalue weighted by Gasteiger charge is 2.69. The predicted octanol–water partition coefficient (Wildman–Crippen LogP) is 2.87. The largest absolute Gasteiger partial charge is 0.468 e. The standard InChI is InChI=1S/C26H28O8/c1-31-22(27)20(23(28)32-2)21-19(17-13-9-6-10-14-17)18(16-11-7-5-8-12-16)15-26(21,24(29)33-3)25(30)34-4/h5-14,18-21H,15H2,1-4H3/t18-,19-,21-/m0/s1. The Kier molecular flexibility index (Phi) is 7.71. The summed E-state index contributed by atoms with van der Waals surface area (Å²) in [4.78, 5) is 52.8. The minimum Gasteiger partial charge on any atom is -0.468 e. The molecule has 0 heterocycles. The third-order valence-corrected chi connectivity index (χ3v) is 6.71. The van der Waals surface area contributed by atoms with Crippen molar-refractivity contribution in [3.8, 4) is 0 Å². The summed E-state index contributed by atoms with van der Waals surface area (Å²) in [6.45, 7) is 0. The van der Waals surface area contributed by atoms with Crippen molar-refractivity contribution in [3.63, 3.8) is 0 Å². The molecule has 3 rings (SSSR count). The van der Waals surface area contributed by atoms with Crippen LogP contribution in [0.1, 0.15) is 29.4 Å². The lowest BCUT2D eigenvalue weighted by Crippen LogP contribution is -2.51. The van der Waals surface area contributed by atoms with E-state index in [0.717, 1.165) is 39.6 Å². The van der Waals surface area contributed by atoms with Crippen LogP contribution in [0.3, 0.4) is 0 Å². The Labute approximate surface area is 198 Å². The molecule has 1 aliphatic carbocycles. The predicted molar refractivity (Wildman–Crippen MR) is 120 cm³/mol. The van der Waals surface area contributed by atoms with Gasteiger partial charge >= 0.3 is 23.9 Å². The van der Waals surface area contributed by atoms with Gasteiger partial charge in [0.2, 0.25) is 0 Å². The zero-order valence-electron chi connectivity index (χ0n) is 19.6. The van der Waals surface area contributed by atoms with Crippen molar-refractivity contribution < 1.29 is 38.1 Å². The van der Waals surface area contributed by atoms with Crippen molar-refractivity contribution >= 4 is 23.9 Å². The van der Waals surface area contributed by atoms with E-state index >= 15 is 0 Å². The van der Waals surface area contributed by atoms with Crippen molar-refractivity contribution in [2.75, 3.05) is 28.4 Å². The Bertz CT molecular complexity index is 1000. The van der Waals surface area contributed by atoms with E-state index in [1.54, 1.807) is 0 Å². The Morgan fingerprint density at radius 3 is 1.56 bits per heavy atom. The molecule has 34 heavy (non-hydrogen) atoms. The summed E-state index contributed by atoms with van der Waals surface area (Å²) in [6, 6.07) is 18.5. The van der Waals surface area contributed by atoms with E-state index in [1.165, 1.54) is 0 Å². The Balaban J connectivity index is 2.40. The van der Waals surface area contributed by atoms with Gasteiger partial charge in [-0.2, -0.15) is 0 Å². The smallest absolute Gasteiger partial charge is 0.323 e. The highest BCUT2D eigenvalue weighted by Crippen LogP contribution is 2.62. The van der Waals surface area contributed by atoms with Crippen molar-refractivity contribution in [1.82, 2.24) is 0 Å². The van der Waals surface area contributed by atoms with E-state index in [2.05, 4.69) is 0 Å². The maximum Gasteiger partial charge on any atom is 0.323 e. The van der Waals surface area contributed by atoms with Crippen LogP contribution in [0.2, 0.25) is 0 Å². The molecule has 0 spiro atoms. The Morgan fingerprint density at radius 1 is 0.706 bits per heavy atom. The number of carbonyl (C=O) groups excluding carboxylic acids is 4. The van der Waals surface area contributed by atoms with Crippen molar-refractivity contribution in [2.24, 2.45) is 17.3 Å². The first kappa shape index (κ1) is 25.0. The second-order valence-corrected chi connectivity index (χ2v) is 8.16. The lowest BCUT2D eigenvalue weighted by molar-refractivity contribution is -0.178. The van der Waals surface area contributed by atoms with Crippen LogP contribution in [0.25, 0.3) is 0 Å². The number of rotatable bonds is 7. The topological polar surface area (TPSA) is 105 Å². The minimum atomic E-state index is -1.96. The lowest BCUT2D eigenvalue weighted by atomic mass is 9.66. The molecule has 0 unspecified atom stereocenters. The molecule has 2 aromatic rings. The molecule has 0 radical (unpaired) electrons. The molecule has 0 saturated heterocycles. The molecular weight excluding hydrogens is 440 g/mol. The molecule has 0 amide bonds. The number of benzene rings is 2. The fourth-order valence-electron chi connectivity index (χ4n) is 5.33. The fourth-order valence-corrected chi connectivity index (χ4v) is 5.33. The SMILES string of the molecule is COC(=O)C(C(=O)OC)[C@@H]1[C@@H](c2ccccc2)[C@H](c2ccccc2)CC1(C(=O)OC)C(=O)OC. The molecule has 0 N–H and O–H groups in total. The quantitative estimate of drug-likeness (QED) is 0.347. The van der Waals surface area contributed by atoms with Crippen LogP contribution in [0.4, 0.5) is 0 Å². The van der Waals surface area contributed by atoms with Gasteiger partial charge in [0.15, 0.2) is 11.3 Å². The molecule has 1 fully saturated rings. The third-order valence-electron chi connectivity index (χ3n) is 6.71. The number of hydrogen-bond acceptors (Lipinski definition) is 8. The number of carbonyl (C=O) groups is 4. The first-order valence-corrected chi connectivity index (χ1v) is 10.8. The number of esters is 4. The average molecular weight is 469 g/mol. The molecule has 0 aromatic heterocycles. The van der Waals surface area contributed by atoms with Gasteiger partial charge in [-0.05, 0) is 29.4 Å². The second kappa shape index (κ2) is 10.5. The third kappa shape index (κ3) is 4.16. The van der Waals surface area contributed by atoms with Gasteiger partial charge in [0.05, 0.1) is 28.4 Å². The Morgan fingerprint density at radius 2 is 1.15 bits per heavy atom. The van der Waals surface area contributed by atoms with Crippen molar-refractivity contribution in [1.29, 1.82) is 0 Å². The molecule has 180 valence electrons. The van der Waals surface area contributed by atoms with Crippen LogP contribution in [0.5, 0.6) is 0 Å².